The van der Waals surface area contributed by atoms with E-state index in [1.54, 1.807) is 6.26 Å². The second-order valence-corrected chi connectivity index (χ2v) is 3.50. The zero-order chi connectivity index (χ0) is 9.54. The maximum Gasteiger partial charge on any atom is 0.226 e. The quantitative estimate of drug-likeness (QED) is 0.534. The molecule has 0 bridgehead atoms. The lowest BCUT2D eigenvalue weighted by Crippen LogP contribution is -1.80. The molecule has 0 saturated carbocycles. The van der Waals surface area contributed by atoms with E-state index in [0.29, 0.717) is 5.71 Å². The summed E-state index contributed by atoms with van der Waals surface area (Å²) in [5, 5.41) is 2.21. The van der Waals surface area contributed by atoms with Crippen molar-refractivity contribution in [3.63, 3.8) is 0 Å². The third kappa shape index (κ3) is 1.01. The van der Waals surface area contributed by atoms with Crippen molar-refractivity contribution >= 4 is 22.0 Å². The minimum Gasteiger partial charge on any atom is -0.446 e. The second kappa shape index (κ2) is 2.58. The van der Waals surface area contributed by atoms with Crippen molar-refractivity contribution in [3.8, 4) is 0 Å². The number of rotatable bonds is 0. The zero-order valence-corrected chi connectivity index (χ0v) is 7.82. The number of nitrogens with zero attached hydrogens (tertiary/aromatic N) is 1. The molecule has 0 saturated heterocycles. The Kier molecular flexibility index (Phi) is 1.39. The summed E-state index contributed by atoms with van der Waals surface area (Å²) in [6.45, 7) is 2.06. The standard InChI is InChI=1S/C12H9NO/c1-8-2-3-9-7-10-4-5-14-12(10)13-11(9)6-8/h2-7H,1H3. The number of aryl methyl sites for hydroxylation is 1. The maximum atomic E-state index is 5.25. The topological polar surface area (TPSA) is 26.0 Å². The molecule has 2 aromatic heterocycles. The van der Waals surface area contributed by atoms with Gasteiger partial charge in [-0.15, -0.1) is 0 Å². The van der Waals surface area contributed by atoms with Crippen LogP contribution in [0.2, 0.25) is 0 Å². The van der Waals surface area contributed by atoms with Crippen LogP contribution in [0.15, 0.2) is 41.0 Å². The van der Waals surface area contributed by atoms with Gasteiger partial charge in [0, 0.05) is 10.8 Å². The van der Waals surface area contributed by atoms with Gasteiger partial charge >= 0.3 is 0 Å². The summed E-state index contributed by atoms with van der Waals surface area (Å²) in [5.74, 6) is 0. The predicted molar refractivity (Wildman–Crippen MR) is 56.3 cm³/mol. The van der Waals surface area contributed by atoms with Gasteiger partial charge in [-0.1, -0.05) is 12.1 Å². The molecule has 2 heterocycles. The Morgan fingerprint density at radius 2 is 2.00 bits per heavy atom. The molecular weight excluding hydrogens is 174 g/mol. The van der Waals surface area contributed by atoms with Gasteiger partial charge in [-0.2, -0.15) is 0 Å². The number of benzene rings is 1. The summed E-state index contributed by atoms with van der Waals surface area (Å²) < 4.78 is 5.25. The zero-order valence-electron chi connectivity index (χ0n) is 7.82. The molecule has 68 valence electrons. The predicted octanol–water partition coefficient (Wildman–Crippen LogP) is 3.29. The SMILES string of the molecule is Cc1ccc2cc3ccoc3nc2c1. The molecule has 14 heavy (non-hydrogen) atoms. The summed E-state index contributed by atoms with van der Waals surface area (Å²) in [5.41, 5.74) is 2.92. The molecular formula is C12H9NO. The molecule has 2 heteroatoms. The highest BCUT2D eigenvalue weighted by molar-refractivity contribution is 5.90. The lowest BCUT2D eigenvalue weighted by atomic mass is 10.1. The number of furan rings is 1. The van der Waals surface area contributed by atoms with Crippen LogP contribution in [0.5, 0.6) is 0 Å². The van der Waals surface area contributed by atoms with Crippen molar-refractivity contribution in [1.29, 1.82) is 0 Å². The van der Waals surface area contributed by atoms with Gasteiger partial charge < -0.3 is 4.42 Å². The summed E-state index contributed by atoms with van der Waals surface area (Å²) in [4.78, 5) is 4.43. The van der Waals surface area contributed by atoms with E-state index >= 15 is 0 Å². The van der Waals surface area contributed by atoms with Crippen LogP contribution in [0.1, 0.15) is 5.56 Å². The molecule has 0 aliphatic heterocycles. The van der Waals surface area contributed by atoms with Gasteiger partial charge in [0.05, 0.1) is 11.8 Å². The first kappa shape index (κ1) is 7.56. The molecule has 0 spiro atoms. The van der Waals surface area contributed by atoms with Crippen LogP contribution in [0.4, 0.5) is 0 Å². The first-order valence-electron chi connectivity index (χ1n) is 4.57. The van der Waals surface area contributed by atoms with E-state index in [2.05, 4.69) is 36.2 Å². The van der Waals surface area contributed by atoms with Gasteiger partial charge in [-0.25, -0.2) is 4.98 Å². The van der Waals surface area contributed by atoms with Crippen LogP contribution in [0.3, 0.4) is 0 Å². The first-order chi connectivity index (χ1) is 6.83. The highest BCUT2D eigenvalue weighted by Gasteiger charge is 2.01. The van der Waals surface area contributed by atoms with E-state index < -0.39 is 0 Å². The van der Waals surface area contributed by atoms with Gasteiger partial charge in [0.25, 0.3) is 0 Å². The van der Waals surface area contributed by atoms with Crippen molar-refractivity contribution in [2.24, 2.45) is 0 Å². The Morgan fingerprint density at radius 1 is 1.07 bits per heavy atom. The van der Waals surface area contributed by atoms with E-state index in [0.717, 1.165) is 16.3 Å². The summed E-state index contributed by atoms with van der Waals surface area (Å²) in [7, 11) is 0. The number of aromatic nitrogens is 1. The molecule has 0 atom stereocenters. The fraction of sp³-hybridized carbons (Fsp3) is 0.0833. The average molecular weight is 183 g/mol. The van der Waals surface area contributed by atoms with Gasteiger partial charge in [-0.3, -0.25) is 0 Å². The molecule has 2 nitrogen and oxygen atoms in total. The lowest BCUT2D eigenvalue weighted by molar-refractivity contribution is 0.604. The van der Waals surface area contributed by atoms with Crippen LogP contribution in [0, 0.1) is 6.92 Å². The number of hydrogen-bond donors (Lipinski definition) is 0. The summed E-state index contributed by atoms with van der Waals surface area (Å²) >= 11 is 0. The molecule has 0 N–H and O–H groups in total. The lowest BCUT2D eigenvalue weighted by Gasteiger charge is -1.98. The highest BCUT2D eigenvalue weighted by Crippen LogP contribution is 2.20. The third-order valence-corrected chi connectivity index (χ3v) is 2.39. The minimum atomic E-state index is 0.711. The van der Waals surface area contributed by atoms with Gasteiger partial charge in [0.15, 0.2) is 0 Å². The van der Waals surface area contributed by atoms with E-state index in [-0.39, 0.29) is 0 Å². The van der Waals surface area contributed by atoms with Gasteiger partial charge in [-0.05, 0) is 30.7 Å². The average Bonchev–Trinajstić information content (AvgIpc) is 2.61. The van der Waals surface area contributed by atoms with Gasteiger partial charge in [0.1, 0.15) is 0 Å². The number of pyridine rings is 1. The Morgan fingerprint density at radius 3 is 2.93 bits per heavy atom. The van der Waals surface area contributed by atoms with Crippen molar-refractivity contribution in [1.82, 2.24) is 4.98 Å². The van der Waals surface area contributed by atoms with E-state index in [9.17, 15) is 0 Å². The molecule has 0 amide bonds. The molecule has 0 unspecified atom stereocenters. The second-order valence-electron chi connectivity index (χ2n) is 3.50. The Bertz CT molecular complexity index is 610. The van der Waals surface area contributed by atoms with Crippen LogP contribution < -0.4 is 0 Å². The summed E-state index contributed by atoms with van der Waals surface area (Å²) in [6, 6.07) is 10.3. The normalized spacial score (nSPS) is 11.2. The highest BCUT2D eigenvalue weighted by atomic mass is 16.3. The van der Waals surface area contributed by atoms with E-state index in [1.807, 2.05) is 6.07 Å². The fourth-order valence-corrected chi connectivity index (χ4v) is 1.66. The van der Waals surface area contributed by atoms with E-state index in [4.69, 9.17) is 4.42 Å². The van der Waals surface area contributed by atoms with Gasteiger partial charge in [0.2, 0.25) is 5.71 Å². The fourth-order valence-electron chi connectivity index (χ4n) is 1.66. The van der Waals surface area contributed by atoms with Crippen molar-refractivity contribution in [2.75, 3.05) is 0 Å². The smallest absolute Gasteiger partial charge is 0.226 e. The van der Waals surface area contributed by atoms with Crippen molar-refractivity contribution in [2.45, 2.75) is 6.92 Å². The van der Waals surface area contributed by atoms with Crippen molar-refractivity contribution < 1.29 is 4.42 Å². The molecule has 0 radical (unpaired) electrons. The van der Waals surface area contributed by atoms with Crippen molar-refractivity contribution in [3.05, 3.63) is 42.2 Å². The molecule has 3 rings (SSSR count). The van der Waals surface area contributed by atoms with Crippen LogP contribution in [-0.2, 0) is 0 Å². The molecule has 3 aromatic rings. The third-order valence-electron chi connectivity index (χ3n) is 2.39. The van der Waals surface area contributed by atoms with E-state index in [1.165, 1.54) is 5.56 Å². The first-order valence-corrected chi connectivity index (χ1v) is 4.57. The number of hydrogen-bond acceptors (Lipinski definition) is 2. The molecule has 1 aromatic carbocycles. The molecule has 0 fully saturated rings. The molecule has 0 aliphatic rings. The summed E-state index contributed by atoms with van der Waals surface area (Å²) in [6.07, 6.45) is 1.67. The minimum absolute atomic E-state index is 0.711. The molecule has 0 aliphatic carbocycles. The Balaban J connectivity index is 2.50. The Hall–Kier alpha value is -1.83. The monoisotopic (exact) mass is 183 g/mol. The maximum absolute atomic E-state index is 5.25. The van der Waals surface area contributed by atoms with Crippen LogP contribution in [-0.4, -0.2) is 4.98 Å². The Labute approximate surface area is 81.2 Å². The van der Waals surface area contributed by atoms with Crippen LogP contribution >= 0.6 is 0 Å². The number of fused-ring (bicyclic) bond motifs is 2. The van der Waals surface area contributed by atoms with Crippen LogP contribution in [0.25, 0.3) is 22.0 Å². The largest absolute Gasteiger partial charge is 0.446 e.